The number of rotatable bonds is 4. The second kappa shape index (κ2) is 5.19. The third-order valence-corrected chi connectivity index (χ3v) is 3.26. The van der Waals surface area contributed by atoms with Crippen LogP contribution >= 0.6 is 0 Å². The fraction of sp³-hybridized carbons (Fsp3) is 0.333. The molecule has 2 heteroatoms. The molecule has 0 heterocycles. The van der Waals surface area contributed by atoms with E-state index < -0.39 is 0 Å². The molecule has 0 bridgehead atoms. The maximum Gasteiger partial charge on any atom is 0.0420 e. The van der Waals surface area contributed by atoms with Crippen LogP contribution < -0.4 is 5.32 Å². The van der Waals surface area contributed by atoms with E-state index in [9.17, 15) is 0 Å². The number of hydrogen-bond donors (Lipinski definition) is 1. The smallest absolute Gasteiger partial charge is 0.0420 e. The first-order chi connectivity index (χ1) is 8.18. The summed E-state index contributed by atoms with van der Waals surface area (Å²) in [5.41, 5.74) is 1.22. The van der Waals surface area contributed by atoms with Gasteiger partial charge in [-0.3, -0.25) is 0 Å². The Hall–Kier alpha value is -1.54. The molecule has 0 aliphatic heterocycles. The molecule has 0 saturated heterocycles. The van der Waals surface area contributed by atoms with Crippen molar-refractivity contribution in [1.82, 2.24) is 4.90 Å². The third-order valence-electron chi connectivity index (χ3n) is 3.26. The van der Waals surface area contributed by atoms with Gasteiger partial charge in [0.2, 0.25) is 0 Å². The van der Waals surface area contributed by atoms with E-state index in [1.165, 1.54) is 16.5 Å². The molecule has 2 aromatic rings. The summed E-state index contributed by atoms with van der Waals surface area (Å²) in [4.78, 5) is 2.22. The van der Waals surface area contributed by atoms with Gasteiger partial charge in [0, 0.05) is 23.7 Å². The molecule has 2 rings (SSSR count). The standard InChI is InChI=1S/C15H20N2/c1-12(17(2)3)11-16-15-10-6-8-13-7-4-5-9-14(13)15/h4-10,12,16H,11H2,1-3H3. The first kappa shape index (κ1) is 11.9. The minimum atomic E-state index is 0.522. The molecular weight excluding hydrogens is 208 g/mol. The van der Waals surface area contributed by atoms with Crippen LogP contribution in [0.1, 0.15) is 6.92 Å². The predicted molar refractivity (Wildman–Crippen MR) is 75.6 cm³/mol. The van der Waals surface area contributed by atoms with E-state index in [1.54, 1.807) is 0 Å². The second-order valence-corrected chi connectivity index (χ2v) is 4.72. The van der Waals surface area contributed by atoms with Crippen molar-refractivity contribution in [2.75, 3.05) is 26.0 Å². The highest BCUT2D eigenvalue weighted by Gasteiger charge is 2.05. The van der Waals surface area contributed by atoms with E-state index in [-0.39, 0.29) is 0 Å². The molecule has 17 heavy (non-hydrogen) atoms. The zero-order valence-electron chi connectivity index (χ0n) is 10.8. The maximum absolute atomic E-state index is 3.53. The number of anilines is 1. The summed E-state index contributed by atoms with van der Waals surface area (Å²) in [5.74, 6) is 0. The molecule has 0 amide bonds. The van der Waals surface area contributed by atoms with Gasteiger partial charge >= 0.3 is 0 Å². The van der Waals surface area contributed by atoms with E-state index >= 15 is 0 Å². The van der Waals surface area contributed by atoms with Crippen molar-refractivity contribution < 1.29 is 0 Å². The van der Waals surface area contributed by atoms with Crippen LogP contribution in [0.25, 0.3) is 10.8 Å². The monoisotopic (exact) mass is 228 g/mol. The van der Waals surface area contributed by atoms with Gasteiger partial charge in [-0.1, -0.05) is 36.4 Å². The molecule has 0 aliphatic rings. The van der Waals surface area contributed by atoms with Gasteiger partial charge in [0.15, 0.2) is 0 Å². The number of hydrogen-bond acceptors (Lipinski definition) is 2. The summed E-state index contributed by atoms with van der Waals surface area (Å²) in [6.07, 6.45) is 0. The van der Waals surface area contributed by atoms with Gasteiger partial charge in [0.1, 0.15) is 0 Å². The summed E-state index contributed by atoms with van der Waals surface area (Å²) in [6, 6.07) is 15.4. The molecular formula is C15H20N2. The lowest BCUT2D eigenvalue weighted by atomic mass is 10.1. The molecule has 1 N–H and O–H groups in total. The van der Waals surface area contributed by atoms with Gasteiger partial charge in [-0.05, 0) is 32.5 Å². The van der Waals surface area contributed by atoms with Crippen molar-refractivity contribution in [1.29, 1.82) is 0 Å². The first-order valence-corrected chi connectivity index (χ1v) is 6.06. The van der Waals surface area contributed by atoms with E-state index in [2.05, 4.69) is 73.7 Å². The summed E-state index contributed by atoms with van der Waals surface area (Å²) < 4.78 is 0. The van der Waals surface area contributed by atoms with E-state index in [0.29, 0.717) is 6.04 Å². The summed E-state index contributed by atoms with van der Waals surface area (Å²) >= 11 is 0. The van der Waals surface area contributed by atoms with Gasteiger partial charge in [-0.15, -0.1) is 0 Å². The van der Waals surface area contributed by atoms with Crippen LogP contribution in [0.15, 0.2) is 42.5 Å². The fourth-order valence-corrected chi connectivity index (χ4v) is 1.82. The lowest BCUT2D eigenvalue weighted by Gasteiger charge is -2.21. The number of likely N-dealkylation sites (N-methyl/N-ethyl adjacent to an activating group) is 1. The van der Waals surface area contributed by atoms with Crippen LogP contribution in [0.5, 0.6) is 0 Å². The number of nitrogens with zero attached hydrogens (tertiary/aromatic N) is 1. The van der Waals surface area contributed by atoms with Crippen LogP contribution in [0.4, 0.5) is 5.69 Å². The third kappa shape index (κ3) is 2.77. The summed E-state index contributed by atoms with van der Waals surface area (Å²) in [5, 5.41) is 6.11. The normalized spacial score (nSPS) is 12.9. The minimum absolute atomic E-state index is 0.522. The van der Waals surface area contributed by atoms with E-state index in [0.717, 1.165) is 6.54 Å². The van der Waals surface area contributed by atoms with Crippen LogP contribution in [0.2, 0.25) is 0 Å². The average molecular weight is 228 g/mol. The zero-order valence-corrected chi connectivity index (χ0v) is 10.8. The van der Waals surface area contributed by atoms with Crippen molar-refractivity contribution in [3.05, 3.63) is 42.5 Å². The Morgan fingerprint density at radius 3 is 2.53 bits per heavy atom. The molecule has 0 saturated carbocycles. The summed E-state index contributed by atoms with van der Waals surface area (Å²) in [7, 11) is 4.21. The number of fused-ring (bicyclic) bond motifs is 1. The summed E-state index contributed by atoms with van der Waals surface area (Å²) in [6.45, 7) is 3.18. The van der Waals surface area contributed by atoms with Gasteiger partial charge in [-0.2, -0.15) is 0 Å². The Morgan fingerprint density at radius 2 is 1.76 bits per heavy atom. The largest absolute Gasteiger partial charge is 0.383 e. The maximum atomic E-state index is 3.53. The lowest BCUT2D eigenvalue weighted by Crippen LogP contribution is -2.31. The van der Waals surface area contributed by atoms with Gasteiger partial charge in [0.05, 0.1) is 0 Å². The first-order valence-electron chi connectivity index (χ1n) is 6.06. The minimum Gasteiger partial charge on any atom is -0.383 e. The molecule has 0 aliphatic carbocycles. The topological polar surface area (TPSA) is 15.3 Å². The number of nitrogens with one attached hydrogen (secondary N) is 1. The highest BCUT2D eigenvalue weighted by molar-refractivity contribution is 5.93. The quantitative estimate of drug-likeness (QED) is 0.864. The molecule has 0 fully saturated rings. The Balaban J connectivity index is 2.19. The predicted octanol–water partition coefficient (Wildman–Crippen LogP) is 3.20. The molecule has 0 radical (unpaired) electrons. The Kier molecular flexibility index (Phi) is 3.64. The van der Waals surface area contributed by atoms with Gasteiger partial charge in [-0.25, -0.2) is 0 Å². The SMILES string of the molecule is CC(CNc1cccc2ccccc12)N(C)C. The van der Waals surface area contributed by atoms with Gasteiger partial charge in [0.25, 0.3) is 0 Å². The average Bonchev–Trinajstić information content (AvgIpc) is 2.35. The molecule has 1 unspecified atom stereocenters. The molecule has 2 nitrogen and oxygen atoms in total. The van der Waals surface area contributed by atoms with Crippen LogP contribution in [0.3, 0.4) is 0 Å². The van der Waals surface area contributed by atoms with Crippen molar-refractivity contribution in [2.24, 2.45) is 0 Å². The highest BCUT2D eigenvalue weighted by atomic mass is 15.1. The van der Waals surface area contributed by atoms with Crippen LogP contribution in [0, 0.1) is 0 Å². The van der Waals surface area contributed by atoms with E-state index in [1.807, 2.05) is 0 Å². The molecule has 0 spiro atoms. The van der Waals surface area contributed by atoms with Crippen LogP contribution in [-0.2, 0) is 0 Å². The van der Waals surface area contributed by atoms with Crippen molar-refractivity contribution in [2.45, 2.75) is 13.0 Å². The van der Waals surface area contributed by atoms with Crippen molar-refractivity contribution in [3.63, 3.8) is 0 Å². The molecule has 0 aromatic heterocycles. The highest BCUT2D eigenvalue weighted by Crippen LogP contribution is 2.22. The molecule has 2 aromatic carbocycles. The Morgan fingerprint density at radius 1 is 1.06 bits per heavy atom. The van der Waals surface area contributed by atoms with Crippen LogP contribution in [-0.4, -0.2) is 31.6 Å². The second-order valence-electron chi connectivity index (χ2n) is 4.72. The van der Waals surface area contributed by atoms with Crippen molar-refractivity contribution >= 4 is 16.5 Å². The lowest BCUT2D eigenvalue weighted by molar-refractivity contribution is 0.326. The Labute approximate surface area is 103 Å². The zero-order chi connectivity index (χ0) is 12.3. The molecule has 90 valence electrons. The van der Waals surface area contributed by atoms with Gasteiger partial charge < -0.3 is 10.2 Å². The Bertz CT molecular complexity index is 486. The number of benzene rings is 2. The van der Waals surface area contributed by atoms with E-state index in [4.69, 9.17) is 0 Å². The molecule has 1 atom stereocenters. The fourth-order valence-electron chi connectivity index (χ4n) is 1.82. The van der Waals surface area contributed by atoms with Crippen molar-refractivity contribution in [3.8, 4) is 0 Å².